The zero-order valence-electron chi connectivity index (χ0n) is 9.71. The smallest absolute Gasteiger partial charge is 0.150 e. The molecular formula is C12H16BrNO2S. The minimum absolute atomic E-state index is 0.210. The van der Waals surface area contributed by atoms with Crippen LogP contribution >= 0.6 is 15.9 Å². The van der Waals surface area contributed by atoms with Gasteiger partial charge in [0.15, 0.2) is 9.84 Å². The molecule has 0 spiro atoms. The number of sulfone groups is 1. The number of alkyl halides is 1. The Morgan fingerprint density at radius 3 is 2.59 bits per heavy atom. The molecule has 3 unspecified atom stereocenters. The van der Waals surface area contributed by atoms with Crippen molar-refractivity contribution in [1.29, 1.82) is 0 Å². The highest BCUT2D eigenvalue weighted by atomic mass is 79.9. The van der Waals surface area contributed by atoms with E-state index in [2.05, 4.69) is 27.8 Å². The van der Waals surface area contributed by atoms with Gasteiger partial charge in [-0.1, -0.05) is 22.9 Å². The molecular weight excluding hydrogens is 302 g/mol. The molecule has 94 valence electrons. The number of pyridine rings is 1. The van der Waals surface area contributed by atoms with Crippen LogP contribution in [-0.2, 0) is 9.84 Å². The van der Waals surface area contributed by atoms with Crippen molar-refractivity contribution in [1.82, 2.24) is 4.98 Å². The molecule has 1 aliphatic rings. The molecule has 3 atom stereocenters. The summed E-state index contributed by atoms with van der Waals surface area (Å²) in [6.07, 6.45) is 4.32. The fourth-order valence-corrected chi connectivity index (χ4v) is 5.19. The Morgan fingerprint density at radius 1 is 1.41 bits per heavy atom. The van der Waals surface area contributed by atoms with Crippen molar-refractivity contribution >= 4 is 25.8 Å². The first-order chi connectivity index (χ1) is 7.99. The molecule has 1 aliphatic heterocycles. The molecule has 0 N–H and O–H groups in total. The lowest BCUT2D eigenvalue weighted by molar-refractivity contribution is 0.516. The normalized spacial score (nSPS) is 26.6. The monoisotopic (exact) mass is 317 g/mol. The molecule has 0 amide bonds. The summed E-state index contributed by atoms with van der Waals surface area (Å²) in [4.78, 5) is 4.21. The topological polar surface area (TPSA) is 47.0 Å². The van der Waals surface area contributed by atoms with E-state index in [1.807, 2.05) is 12.1 Å². The van der Waals surface area contributed by atoms with Crippen LogP contribution in [0.25, 0.3) is 0 Å². The van der Waals surface area contributed by atoms with Crippen LogP contribution in [0.4, 0.5) is 0 Å². The van der Waals surface area contributed by atoms with Crippen LogP contribution < -0.4 is 0 Å². The minimum Gasteiger partial charge on any atom is -0.265 e. The van der Waals surface area contributed by atoms with E-state index in [-0.39, 0.29) is 10.7 Å². The average Bonchev–Trinajstić information content (AvgIpc) is 2.69. The predicted octanol–water partition coefficient (Wildman–Crippen LogP) is 2.38. The molecule has 0 bridgehead atoms. The molecule has 1 aromatic rings. The van der Waals surface area contributed by atoms with Crippen molar-refractivity contribution in [3.63, 3.8) is 0 Å². The van der Waals surface area contributed by atoms with E-state index in [0.29, 0.717) is 17.4 Å². The third-order valence-electron chi connectivity index (χ3n) is 3.43. The number of hydrogen-bond donors (Lipinski definition) is 0. The minimum atomic E-state index is -2.80. The Bertz CT molecular complexity index is 475. The predicted molar refractivity (Wildman–Crippen MR) is 72.1 cm³/mol. The van der Waals surface area contributed by atoms with Gasteiger partial charge in [-0.3, -0.25) is 4.98 Å². The molecule has 1 aromatic heterocycles. The standard InChI is InChI=1S/C12H16BrNO2S/c1-9(10-2-5-14-6-3-10)12(13)11-4-7-17(15,16)8-11/h2-3,5-6,9,11-12H,4,7-8H2,1H3. The van der Waals surface area contributed by atoms with Crippen LogP contribution in [-0.4, -0.2) is 29.7 Å². The van der Waals surface area contributed by atoms with Gasteiger partial charge in [0.2, 0.25) is 0 Å². The Hall–Kier alpha value is -0.420. The summed E-state index contributed by atoms with van der Waals surface area (Å²) in [6, 6.07) is 3.98. The molecule has 0 saturated carbocycles. The van der Waals surface area contributed by atoms with Crippen LogP contribution in [0.15, 0.2) is 24.5 Å². The van der Waals surface area contributed by atoms with Crippen LogP contribution in [0, 0.1) is 5.92 Å². The van der Waals surface area contributed by atoms with Crippen molar-refractivity contribution in [3.05, 3.63) is 30.1 Å². The van der Waals surface area contributed by atoms with Crippen LogP contribution in [0.1, 0.15) is 24.8 Å². The van der Waals surface area contributed by atoms with E-state index < -0.39 is 9.84 Å². The van der Waals surface area contributed by atoms with Crippen molar-refractivity contribution in [2.75, 3.05) is 11.5 Å². The van der Waals surface area contributed by atoms with Crippen LogP contribution in [0.5, 0.6) is 0 Å². The molecule has 1 fully saturated rings. The third-order valence-corrected chi connectivity index (χ3v) is 6.76. The highest BCUT2D eigenvalue weighted by Crippen LogP contribution is 2.35. The molecule has 0 aromatic carbocycles. The molecule has 3 nitrogen and oxygen atoms in total. The van der Waals surface area contributed by atoms with E-state index in [0.717, 1.165) is 6.42 Å². The fourth-order valence-electron chi connectivity index (χ4n) is 2.33. The van der Waals surface area contributed by atoms with Gasteiger partial charge in [0.1, 0.15) is 0 Å². The quantitative estimate of drug-likeness (QED) is 0.804. The van der Waals surface area contributed by atoms with Crippen molar-refractivity contribution in [2.45, 2.75) is 24.1 Å². The van der Waals surface area contributed by atoms with E-state index >= 15 is 0 Å². The van der Waals surface area contributed by atoms with E-state index in [1.165, 1.54) is 5.56 Å². The summed E-state index contributed by atoms with van der Waals surface area (Å²) in [5.74, 6) is 1.18. The van der Waals surface area contributed by atoms with Crippen molar-refractivity contribution in [2.24, 2.45) is 5.92 Å². The Labute approximate surface area is 111 Å². The van der Waals surface area contributed by atoms with Gasteiger partial charge >= 0.3 is 0 Å². The summed E-state index contributed by atoms with van der Waals surface area (Å²) in [6.45, 7) is 2.12. The second-order valence-corrected chi connectivity index (χ2v) is 7.96. The van der Waals surface area contributed by atoms with Gasteiger partial charge in [-0.2, -0.15) is 0 Å². The number of rotatable bonds is 3. The maximum absolute atomic E-state index is 11.5. The second-order valence-electron chi connectivity index (χ2n) is 4.68. The first-order valence-electron chi connectivity index (χ1n) is 5.74. The molecule has 17 heavy (non-hydrogen) atoms. The summed E-state index contributed by atoms with van der Waals surface area (Å²) >= 11 is 3.67. The summed E-state index contributed by atoms with van der Waals surface area (Å²) in [5, 5.41) is 0. The second kappa shape index (κ2) is 5.06. The van der Waals surface area contributed by atoms with Gasteiger partial charge in [0.25, 0.3) is 0 Å². The summed E-state index contributed by atoms with van der Waals surface area (Å²) < 4.78 is 22.9. The zero-order chi connectivity index (χ0) is 12.5. The molecule has 0 radical (unpaired) electrons. The molecule has 1 saturated heterocycles. The SMILES string of the molecule is CC(c1ccncc1)C(Br)C1CCS(=O)(=O)C1. The van der Waals surface area contributed by atoms with Crippen molar-refractivity contribution < 1.29 is 8.42 Å². The van der Waals surface area contributed by atoms with Gasteiger partial charge in [-0.05, 0) is 36.0 Å². The summed E-state index contributed by atoms with van der Waals surface area (Å²) in [7, 11) is -2.80. The average molecular weight is 318 g/mol. The van der Waals surface area contributed by atoms with E-state index in [9.17, 15) is 8.42 Å². The van der Waals surface area contributed by atoms with Crippen LogP contribution in [0.2, 0.25) is 0 Å². The van der Waals surface area contributed by atoms with E-state index in [1.54, 1.807) is 12.4 Å². The molecule has 0 aliphatic carbocycles. The number of aromatic nitrogens is 1. The molecule has 5 heteroatoms. The van der Waals surface area contributed by atoms with Crippen LogP contribution in [0.3, 0.4) is 0 Å². The maximum Gasteiger partial charge on any atom is 0.150 e. The first kappa shape index (κ1) is 13.0. The Kier molecular flexibility index (Phi) is 3.88. The fraction of sp³-hybridized carbons (Fsp3) is 0.583. The first-order valence-corrected chi connectivity index (χ1v) is 8.48. The number of halogens is 1. The number of hydrogen-bond acceptors (Lipinski definition) is 3. The highest BCUT2D eigenvalue weighted by molar-refractivity contribution is 9.09. The maximum atomic E-state index is 11.5. The highest BCUT2D eigenvalue weighted by Gasteiger charge is 2.35. The van der Waals surface area contributed by atoms with E-state index in [4.69, 9.17) is 0 Å². The lowest BCUT2D eigenvalue weighted by Gasteiger charge is -2.23. The van der Waals surface area contributed by atoms with Gasteiger partial charge in [0.05, 0.1) is 11.5 Å². The molecule has 2 rings (SSSR count). The molecule has 2 heterocycles. The lowest BCUT2D eigenvalue weighted by atomic mass is 9.90. The van der Waals surface area contributed by atoms with Gasteiger partial charge in [0, 0.05) is 17.2 Å². The largest absolute Gasteiger partial charge is 0.265 e. The third kappa shape index (κ3) is 3.07. The Morgan fingerprint density at radius 2 is 2.06 bits per heavy atom. The zero-order valence-corrected chi connectivity index (χ0v) is 12.1. The van der Waals surface area contributed by atoms with Gasteiger partial charge in [-0.15, -0.1) is 0 Å². The Balaban J connectivity index is 2.08. The lowest BCUT2D eigenvalue weighted by Crippen LogP contribution is -2.21. The van der Waals surface area contributed by atoms with Crippen molar-refractivity contribution in [3.8, 4) is 0 Å². The van der Waals surface area contributed by atoms with Gasteiger partial charge < -0.3 is 0 Å². The van der Waals surface area contributed by atoms with Gasteiger partial charge in [-0.25, -0.2) is 8.42 Å². The summed E-state index contributed by atoms with van der Waals surface area (Å²) in [5.41, 5.74) is 1.20. The number of nitrogens with zero attached hydrogens (tertiary/aromatic N) is 1.